The summed E-state index contributed by atoms with van der Waals surface area (Å²) >= 11 is 0. The van der Waals surface area contributed by atoms with Gasteiger partial charge in [0, 0.05) is 44.5 Å². The average molecular weight is 389 g/mol. The molecule has 1 aromatic carbocycles. The molecule has 1 aliphatic rings. The van der Waals surface area contributed by atoms with Gasteiger partial charge in [-0.25, -0.2) is 9.97 Å². The van der Waals surface area contributed by atoms with Crippen LogP contribution in [0.2, 0.25) is 0 Å². The van der Waals surface area contributed by atoms with Crippen molar-refractivity contribution in [2.24, 2.45) is 5.92 Å². The van der Waals surface area contributed by atoms with Crippen molar-refractivity contribution in [1.82, 2.24) is 14.5 Å². The van der Waals surface area contributed by atoms with Crippen LogP contribution in [0.15, 0.2) is 61.2 Å². The van der Waals surface area contributed by atoms with Gasteiger partial charge < -0.3 is 9.47 Å². The summed E-state index contributed by atoms with van der Waals surface area (Å²) in [5.74, 6) is 1.69. The van der Waals surface area contributed by atoms with Gasteiger partial charge in [-0.1, -0.05) is 31.2 Å². The first-order valence-electron chi connectivity index (χ1n) is 10.5. The van der Waals surface area contributed by atoms with Crippen LogP contribution in [0.5, 0.6) is 0 Å². The Bertz CT molecular complexity index is 947. The van der Waals surface area contributed by atoms with E-state index in [1.165, 1.54) is 24.7 Å². The summed E-state index contributed by atoms with van der Waals surface area (Å²) in [7, 11) is 0. The van der Waals surface area contributed by atoms with E-state index in [1.54, 1.807) is 0 Å². The zero-order valence-corrected chi connectivity index (χ0v) is 17.0. The number of carbonyl (C=O) groups is 1. The number of ketones is 1. The Morgan fingerprint density at radius 1 is 1.10 bits per heavy atom. The summed E-state index contributed by atoms with van der Waals surface area (Å²) in [6.07, 6.45) is 9.64. The molecule has 0 atom stereocenters. The van der Waals surface area contributed by atoms with Gasteiger partial charge in [0.05, 0.1) is 0 Å². The summed E-state index contributed by atoms with van der Waals surface area (Å²) in [5, 5.41) is 0. The van der Waals surface area contributed by atoms with E-state index in [0.717, 1.165) is 43.4 Å². The van der Waals surface area contributed by atoms with Crippen molar-refractivity contribution < 1.29 is 4.79 Å². The summed E-state index contributed by atoms with van der Waals surface area (Å²) < 4.78 is 2.12. The van der Waals surface area contributed by atoms with E-state index in [-0.39, 0.29) is 5.78 Å². The van der Waals surface area contributed by atoms with E-state index in [0.29, 0.717) is 12.1 Å². The molecule has 1 saturated carbocycles. The van der Waals surface area contributed by atoms with Crippen molar-refractivity contribution in [1.29, 1.82) is 0 Å². The van der Waals surface area contributed by atoms with Crippen molar-refractivity contribution in [2.75, 3.05) is 18.0 Å². The molecule has 4 rings (SSSR count). The highest BCUT2D eigenvalue weighted by molar-refractivity contribution is 5.96. The van der Waals surface area contributed by atoms with Crippen molar-refractivity contribution >= 4 is 11.6 Å². The molecule has 2 aromatic heterocycles. The number of hydrogen-bond donors (Lipinski definition) is 0. The summed E-state index contributed by atoms with van der Waals surface area (Å²) in [4.78, 5) is 23.9. The maximum absolute atomic E-state index is 12.9. The molecule has 2 heterocycles. The normalized spacial score (nSPS) is 13.4. The Morgan fingerprint density at radius 2 is 1.90 bits per heavy atom. The third-order valence-electron chi connectivity index (χ3n) is 5.32. The number of anilines is 1. The van der Waals surface area contributed by atoms with Gasteiger partial charge in [-0.05, 0) is 48.4 Å². The second kappa shape index (κ2) is 9.03. The molecular formula is C24H28N4O. The van der Waals surface area contributed by atoms with Crippen molar-refractivity contribution in [3.8, 4) is 0 Å². The lowest BCUT2D eigenvalue weighted by Crippen LogP contribution is -2.27. The Balaban J connectivity index is 1.45. The molecule has 3 aromatic rings. The quantitative estimate of drug-likeness (QED) is 0.484. The summed E-state index contributed by atoms with van der Waals surface area (Å²) in [6, 6.07) is 14.1. The maximum atomic E-state index is 12.9. The first-order chi connectivity index (χ1) is 14.2. The molecule has 1 aliphatic carbocycles. The molecule has 150 valence electrons. The van der Waals surface area contributed by atoms with Crippen LogP contribution in [0.25, 0.3) is 0 Å². The number of rotatable bonds is 10. The van der Waals surface area contributed by atoms with Crippen molar-refractivity contribution in [3.63, 3.8) is 0 Å². The van der Waals surface area contributed by atoms with Crippen molar-refractivity contribution in [2.45, 2.75) is 39.2 Å². The highest BCUT2D eigenvalue weighted by Crippen LogP contribution is 2.31. The van der Waals surface area contributed by atoms with Crippen LogP contribution in [-0.2, 0) is 13.0 Å². The fourth-order valence-electron chi connectivity index (χ4n) is 3.65. The molecule has 0 aliphatic heterocycles. The van der Waals surface area contributed by atoms with E-state index >= 15 is 0 Å². The Kier molecular flexibility index (Phi) is 6.03. The molecule has 0 spiro atoms. The molecule has 29 heavy (non-hydrogen) atoms. The van der Waals surface area contributed by atoms with Crippen LogP contribution in [0, 0.1) is 5.92 Å². The number of aromatic nitrogens is 3. The number of hydrogen-bond acceptors (Lipinski definition) is 4. The molecule has 0 saturated heterocycles. The largest absolute Gasteiger partial charge is 0.356 e. The smallest absolute Gasteiger partial charge is 0.185 e. The number of Topliss-reactive ketones (excluding diaryl/α,β-unsaturated/α-hetero) is 1. The average Bonchev–Trinajstić information content (AvgIpc) is 3.41. The molecule has 0 radical (unpaired) electrons. The van der Waals surface area contributed by atoms with Crippen LogP contribution >= 0.6 is 0 Å². The molecule has 0 bridgehead atoms. The fourth-order valence-corrected chi connectivity index (χ4v) is 3.65. The number of nitrogens with zero attached hydrogens (tertiary/aromatic N) is 4. The SMILES string of the molecule is CCCN(CC1CC1)c1cc(C(=O)Cc2cccc(Cn3cccc3)c2)ncn1. The molecule has 5 nitrogen and oxygen atoms in total. The maximum Gasteiger partial charge on any atom is 0.185 e. The summed E-state index contributed by atoms with van der Waals surface area (Å²) in [6.45, 7) is 4.97. The molecule has 0 amide bonds. The van der Waals surface area contributed by atoms with Gasteiger partial charge in [0.25, 0.3) is 0 Å². The predicted octanol–water partition coefficient (Wildman–Crippen LogP) is 4.38. The van der Waals surface area contributed by atoms with Crippen molar-refractivity contribution in [3.05, 3.63) is 78.0 Å². The van der Waals surface area contributed by atoms with E-state index in [4.69, 9.17) is 0 Å². The van der Waals surface area contributed by atoms with Gasteiger partial charge in [-0.2, -0.15) is 0 Å². The highest BCUT2D eigenvalue weighted by atomic mass is 16.1. The molecule has 1 fully saturated rings. The van der Waals surface area contributed by atoms with Crippen LogP contribution in [0.1, 0.15) is 47.8 Å². The number of carbonyl (C=O) groups excluding carboxylic acids is 1. The van der Waals surface area contributed by atoms with Gasteiger partial charge in [0.2, 0.25) is 0 Å². The van der Waals surface area contributed by atoms with Crippen LogP contribution in [-0.4, -0.2) is 33.4 Å². The Hall–Kier alpha value is -2.95. The Morgan fingerprint density at radius 3 is 2.66 bits per heavy atom. The first kappa shape index (κ1) is 19.4. The van der Waals surface area contributed by atoms with Crippen LogP contribution < -0.4 is 4.90 Å². The van der Waals surface area contributed by atoms with Gasteiger partial charge in [-0.3, -0.25) is 4.79 Å². The minimum atomic E-state index is 0.0367. The van der Waals surface area contributed by atoms with Crippen LogP contribution in [0.3, 0.4) is 0 Å². The van der Waals surface area contributed by atoms with Gasteiger partial charge in [-0.15, -0.1) is 0 Å². The first-order valence-corrected chi connectivity index (χ1v) is 10.5. The monoisotopic (exact) mass is 388 g/mol. The van der Waals surface area contributed by atoms with Gasteiger partial charge in [0.1, 0.15) is 17.8 Å². The second-order valence-electron chi connectivity index (χ2n) is 7.93. The zero-order chi connectivity index (χ0) is 20.1. The third kappa shape index (κ3) is 5.31. The molecule has 0 unspecified atom stereocenters. The lowest BCUT2D eigenvalue weighted by molar-refractivity contribution is 0.0988. The molecule has 5 heteroatoms. The minimum Gasteiger partial charge on any atom is -0.356 e. The van der Waals surface area contributed by atoms with Crippen LogP contribution in [0.4, 0.5) is 5.82 Å². The number of benzene rings is 1. The zero-order valence-electron chi connectivity index (χ0n) is 17.0. The van der Waals surface area contributed by atoms with E-state index in [1.807, 2.05) is 42.7 Å². The van der Waals surface area contributed by atoms with E-state index in [9.17, 15) is 4.79 Å². The minimum absolute atomic E-state index is 0.0367. The van der Waals surface area contributed by atoms with Gasteiger partial charge in [0.15, 0.2) is 5.78 Å². The topological polar surface area (TPSA) is 51.0 Å². The lowest BCUT2D eigenvalue weighted by Gasteiger charge is -2.23. The van der Waals surface area contributed by atoms with Gasteiger partial charge >= 0.3 is 0 Å². The fraction of sp³-hybridized carbons (Fsp3) is 0.375. The highest BCUT2D eigenvalue weighted by Gasteiger charge is 2.25. The second-order valence-corrected chi connectivity index (χ2v) is 7.93. The standard InChI is InChI=1S/C24H28N4O/c1-2-10-28(17-19-8-9-19)24-15-22(25-18-26-24)23(29)14-20-6-5-7-21(13-20)16-27-11-3-4-12-27/h3-7,11-13,15,18-19H,2,8-10,14,16-17H2,1H3. The Labute approximate surface area is 172 Å². The third-order valence-corrected chi connectivity index (χ3v) is 5.32. The molecular weight excluding hydrogens is 360 g/mol. The summed E-state index contributed by atoms with van der Waals surface area (Å²) in [5.41, 5.74) is 2.71. The lowest BCUT2D eigenvalue weighted by atomic mass is 10.0. The van der Waals surface area contributed by atoms with E-state index in [2.05, 4.69) is 38.5 Å². The molecule has 0 N–H and O–H groups in total. The van der Waals surface area contributed by atoms with E-state index < -0.39 is 0 Å². The predicted molar refractivity (Wildman–Crippen MR) is 115 cm³/mol.